The monoisotopic (exact) mass is 1070 g/mol. The predicted molar refractivity (Wildman–Crippen MR) is 334 cm³/mol. The van der Waals surface area contributed by atoms with Gasteiger partial charge < -0.3 is 14.2 Å². The molecule has 0 bridgehead atoms. The van der Waals surface area contributed by atoms with Crippen molar-refractivity contribution in [1.82, 2.24) is 0 Å². The van der Waals surface area contributed by atoms with Crippen LogP contribution in [0.5, 0.6) is 0 Å². The molecule has 77 heavy (non-hydrogen) atoms. The van der Waals surface area contributed by atoms with Gasteiger partial charge in [0, 0.05) is 19.3 Å². The number of rotatable bonds is 59. The molecule has 0 aliphatic carbocycles. The van der Waals surface area contributed by atoms with Gasteiger partial charge in [-0.1, -0.05) is 279 Å². The van der Waals surface area contributed by atoms with Gasteiger partial charge in [0.15, 0.2) is 6.10 Å². The van der Waals surface area contributed by atoms with Crippen LogP contribution in [0.1, 0.15) is 316 Å². The largest absolute Gasteiger partial charge is 0.462 e. The van der Waals surface area contributed by atoms with Crippen LogP contribution in [0.25, 0.3) is 0 Å². The third kappa shape index (κ3) is 63.0. The Balaban J connectivity index is 4.40. The molecule has 0 fully saturated rings. The molecule has 1 unspecified atom stereocenters. The zero-order valence-electron chi connectivity index (χ0n) is 50.7. The van der Waals surface area contributed by atoms with Gasteiger partial charge in [-0.2, -0.15) is 0 Å². The average molecular weight is 1070 g/mol. The molecule has 0 saturated carbocycles. The van der Waals surface area contributed by atoms with Gasteiger partial charge in [-0.25, -0.2) is 0 Å². The summed E-state index contributed by atoms with van der Waals surface area (Å²) >= 11 is 0. The zero-order chi connectivity index (χ0) is 55.7. The topological polar surface area (TPSA) is 78.9 Å². The summed E-state index contributed by atoms with van der Waals surface area (Å²) in [6.45, 7) is 6.43. The van der Waals surface area contributed by atoms with Crippen LogP contribution >= 0.6 is 0 Å². The van der Waals surface area contributed by atoms with E-state index >= 15 is 0 Å². The van der Waals surface area contributed by atoms with Crippen molar-refractivity contribution in [2.24, 2.45) is 0 Å². The normalized spacial score (nSPS) is 12.7. The number of hydrogen-bond acceptors (Lipinski definition) is 6. The maximum Gasteiger partial charge on any atom is 0.306 e. The van der Waals surface area contributed by atoms with E-state index in [0.717, 1.165) is 116 Å². The van der Waals surface area contributed by atoms with Crippen molar-refractivity contribution in [3.05, 3.63) is 97.2 Å². The molecule has 442 valence electrons. The van der Waals surface area contributed by atoms with Gasteiger partial charge in [-0.3, -0.25) is 14.4 Å². The van der Waals surface area contributed by atoms with Gasteiger partial charge in [0.05, 0.1) is 0 Å². The minimum Gasteiger partial charge on any atom is -0.462 e. The van der Waals surface area contributed by atoms with E-state index in [9.17, 15) is 14.4 Å². The molecule has 0 radical (unpaired) electrons. The number of carbonyl (C=O) groups is 3. The molecule has 0 aromatic rings. The third-order valence-electron chi connectivity index (χ3n) is 14.1. The molecular formula is C71H122O6. The Morgan fingerprint density at radius 3 is 0.805 bits per heavy atom. The maximum absolute atomic E-state index is 12.9. The molecule has 0 aliphatic rings. The van der Waals surface area contributed by atoms with Crippen molar-refractivity contribution in [2.75, 3.05) is 13.2 Å². The van der Waals surface area contributed by atoms with E-state index < -0.39 is 6.10 Å². The highest BCUT2D eigenvalue weighted by molar-refractivity contribution is 5.71. The van der Waals surface area contributed by atoms with Crippen LogP contribution in [0, 0.1) is 0 Å². The summed E-state index contributed by atoms with van der Waals surface area (Å²) in [5.41, 5.74) is 0. The zero-order valence-corrected chi connectivity index (χ0v) is 50.7. The van der Waals surface area contributed by atoms with E-state index in [2.05, 4.69) is 118 Å². The second-order valence-electron chi connectivity index (χ2n) is 21.6. The van der Waals surface area contributed by atoms with Crippen LogP contribution in [0.15, 0.2) is 97.2 Å². The SMILES string of the molecule is CC/C=C\C/C=C\C/C=C\C/C=C\CCCCCCCCCCC(=O)OCC(COC(=O)CCCCCCCCC/C=C\C/C=C\C/C=C\CC)OC(=O)CCCCCCCCCCC/C=C\CCCCCCCCCC. The smallest absolute Gasteiger partial charge is 0.306 e. The first-order valence-electron chi connectivity index (χ1n) is 32.7. The minimum atomic E-state index is -0.789. The first-order valence-corrected chi connectivity index (χ1v) is 32.7. The van der Waals surface area contributed by atoms with Crippen molar-refractivity contribution >= 4 is 17.9 Å². The molecule has 0 amide bonds. The van der Waals surface area contributed by atoms with Crippen molar-refractivity contribution in [3.8, 4) is 0 Å². The van der Waals surface area contributed by atoms with Crippen molar-refractivity contribution in [3.63, 3.8) is 0 Å². The fourth-order valence-corrected chi connectivity index (χ4v) is 9.21. The summed E-state index contributed by atoms with van der Waals surface area (Å²) < 4.78 is 17.0. The average Bonchev–Trinajstić information content (AvgIpc) is 3.43. The molecule has 0 saturated heterocycles. The first-order chi connectivity index (χ1) is 38.0. The Morgan fingerprint density at radius 1 is 0.273 bits per heavy atom. The number of hydrogen-bond donors (Lipinski definition) is 0. The molecule has 1 atom stereocenters. The van der Waals surface area contributed by atoms with Crippen molar-refractivity contribution in [2.45, 2.75) is 322 Å². The molecule has 6 heteroatoms. The maximum atomic E-state index is 12.9. The van der Waals surface area contributed by atoms with Gasteiger partial charge in [0.1, 0.15) is 13.2 Å². The van der Waals surface area contributed by atoms with Crippen LogP contribution in [-0.2, 0) is 28.6 Å². The van der Waals surface area contributed by atoms with E-state index in [1.54, 1.807) is 0 Å². The van der Waals surface area contributed by atoms with E-state index in [4.69, 9.17) is 14.2 Å². The fraction of sp³-hybridized carbons (Fsp3) is 0.732. The van der Waals surface area contributed by atoms with Crippen LogP contribution < -0.4 is 0 Å². The van der Waals surface area contributed by atoms with Crippen LogP contribution in [0.3, 0.4) is 0 Å². The minimum absolute atomic E-state index is 0.0852. The molecule has 0 N–H and O–H groups in total. The number of allylic oxidation sites excluding steroid dienone is 16. The molecule has 6 nitrogen and oxygen atoms in total. The van der Waals surface area contributed by atoms with E-state index in [1.807, 2.05) is 0 Å². The van der Waals surface area contributed by atoms with Crippen LogP contribution in [0.4, 0.5) is 0 Å². The number of carbonyl (C=O) groups excluding carboxylic acids is 3. The predicted octanol–water partition coefficient (Wildman–Crippen LogP) is 22.4. The summed E-state index contributed by atoms with van der Waals surface area (Å²) in [5, 5.41) is 0. The molecule has 0 spiro atoms. The highest BCUT2D eigenvalue weighted by atomic mass is 16.6. The molecule has 0 rings (SSSR count). The summed E-state index contributed by atoms with van der Waals surface area (Å²) in [6.07, 6.45) is 86.9. The van der Waals surface area contributed by atoms with Gasteiger partial charge in [-0.15, -0.1) is 0 Å². The highest BCUT2D eigenvalue weighted by Gasteiger charge is 2.19. The Hall–Kier alpha value is -3.67. The Morgan fingerprint density at radius 2 is 0.506 bits per heavy atom. The Bertz CT molecular complexity index is 1510. The summed E-state index contributed by atoms with van der Waals surface area (Å²) in [7, 11) is 0. The summed E-state index contributed by atoms with van der Waals surface area (Å²) in [5.74, 6) is -0.892. The Labute approximate surface area is 477 Å². The van der Waals surface area contributed by atoms with Crippen molar-refractivity contribution < 1.29 is 28.6 Å². The van der Waals surface area contributed by atoms with Gasteiger partial charge >= 0.3 is 17.9 Å². The quantitative estimate of drug-likeness (QED) is 0.0261. The molecule has 0 aromatic carbocycles. The number of unbranched alkanes of at least 4 members (excludes halogenated alkanes) is 32. The number of ether oxygens (including phenoxy) is 3. The molecule has 0 heterocycles. The van der Waals surface area contributed by atoms with Crippen LogP contribution in [-0.4, -0.2) is 37.2 Å². The molecular weight excluding hydrogens is 949 g/mol. The van der Waals surface area contributed by atoms with Crippen molar-refractivity contribution in [1.29, 1.82) is 0 Å². The van der Waals surface area contributed by atoms with E-state index in [1.165, 1.54) is 161 Å². The lowest BCUT2D eigenvalue weighted by atomic mass is 10.1. The third-order valence-corrected chi connectivity index (χ3v) is 14.1. The van der Waals surface area contributed by atoms with E-state index in [-0.39, 0.29) is 31.1 Å². The standard InChI is InChI=1S/C71H122O6/c1-4-7-10-13-16-19-22-25-28-31-33-35-37-40-43-46-49-52-55-58-61-64-70(73)76-67-68(66-75-69(72)63-60-57-54-51-48-45-42-39-30-27-24-21-18-15-12-9-6-3)77-71(74)65-62-59-56-53-50-47-44-41-38-36-34-32-29-26-23-20-17-14-11-8-5-2/h7,9-10,12,16,18-19,21,25,27-28,30,32-35,68H,4-6,8,11,13-15,17,20,22-24,26,29,31,36-67H2,1-3H3/b10-7-,12-9-,19-16-,21-18-,28-25-,30-27-,34-32-,35-33-. The van der Waals surface area contributed by atoms with Crippen LogP contribution in [0.2, 0.25) is 0 Å². The van der Waals surface area contributed by atoms with E-state index in [0.29, 0.717) is 19.3 Å². The fourth-order valence-electron chi connectivity index (χ4n) is 9.21. The highest BCUT2D eigenvalue weighted by Crippen LogP contribution is 2.16. The lowest BCUT2D eigenvalue weighted by molar-refractivity contribution is -0.167. The van der Waals surface area contributed by atoms with Gasteiger partial charge in [-0.05, 0) is 116 Å². The second kappa shape index (κ2) is 64.9. The lowest BCUT2D eigenvalue weighted by Crippen LogP contribution is -2.30. The molecule has 0 aliphatic heterocycles. The second-order valence-corrected chi connectivity index (χ2v) is 21.6. The number of esters is 3. The van der Waals surface area contributed by atoms with Gasteiger partial charge in [0.25, 0.3) is 0 Å². The first kappa shape index (κ1) is 73.3. The summed E-state index contributed by atoms with van der Waals surface area (Å²) in [6, 6.07) is 0. The summed E-state index contributed by atoms with van der Waals surface area (Å²) in [4.78, 5) is 38.4. The Kier molecular flexibility index (Phi) is 61.8. The van der Waals surface area contributed by atoms with Gasteiger partial charge in [0.2, 0.25) is 0 Å². The molecule has 0 aromatic heterocycles. The lowest BCUT2D eigenvalue weighted by Gasteiger charge is -2.18.